The summed E-state index contributed by atoms with van der Waals surface area (Å²) in [7, 11) is 0. The Kier molecular flexibility index (Phi) is 5.41. The molecule has 5 nitrogen and oxygen atoms in total. The molecule has 1 aromatic rings. The Labute approximate surface area is 117 Å². The molecule has 0 aliphatic rings. The van der Waals surface area contributed by atoms with Crippen molar-refractivity contribution in [3.05, 3.63) is 31.4 Å². The molecule has 0 bridgehead atoms. The maximum Gasteiger partial charge on any atom is 0.270 e. The quantitative estimate of drug-likeness (QED) is 0.361. The summed E-state index contributed by atoms with van der Waals surface area (Å²) >= 11 is 7.51. The first-order valence-electron chi connectivity index (χ1n) is 4.88. The Morgan fingerprint density at radius 2 is 2.29 bits per heavy atom. The van der Waals surface area contributed by atoms with Crippen molar-refractivity contribution in [3.8, 4) is 0 Å². The van der Waals surface area contributed by atoms with Crippen molar-refractivity contribution < 1.29 is 10.0 Å². The monoisotopic (exact) mass is 370 g/mol. The molecular weight excluding hydrogens is 358 g/mol. The van der Waals surface area contributed by atoms with E-state index in [1.54, 1.807) is 6.92 Å². The lowest BCUT2D eigenvalue weighted by molar-refractivity contribution is -0.385. The molecule has 2 N–H and O–H groups in total. The Balaban J connectivity index is 2.90. The molecule has 94 valence electrons. The zero-order chi connectivity index (χ0) is 13.0. The second kappa shape index (κ2) is 6.36. The van der Waals surface area contributed by atoms with Crippen LogP contribution >= 0.6 is 34.2 Å². The first kappa shape index (κ1) is 14.5. The van der Waals surface area contributed by atoms with Crippen LogP contribution in [-0.2, 0) is 0 Å². The molecule has 0 saturated heterocycles. The van der Waals surface area contributed by atoms with Gasteiger partial charge in [-0.05, 0) is 35.1 Å². The van der Waals surface area contributed by atoms with Gasteiger partial charge in [-0.25, -0.2) is 0 Å². The molecule has 0 saturated carbocycles. The summed E-state index contributed by atoms with van der Waals surface area (Å²) in [5.74, 6) is 0.148. The molecular formula is C10H12ClIN2O3. The van der Waals surface area contributed by atoms with E-state index in [0.29, 0.717) is 6.54 Å². The molecule has 0 spiro atoms. The first-order chi connectivity index (χ1) is 7.95. The van der Waals surface area contributed by atoms with E-state index in [4.69, 9.17) is 11.6 Å². The van der Waals surface area contributed by atoms with Crippen LogP contribution in [0.2, 0.25) is 0 Å². The number of non-ortho nitro benzene ring substituents is 1. The number of aliphatic hydroxyl groups is 1. The summed E-state index contributed by atoms with van der Waals surface area (Å²) in [6.07, 6.45) is -0.637. The summed E-state index contributed by atoms with van der Waals surface area (Å²) in [5, 5.41) is 23.0. The van der Waals surface area contributed by atoms with Gasteiger partial charge in [0.15, 0.2) is 0 Å². The molecule has 1 aromatic carbocycles. The van der Waals surface area contributed by atoms with Crippen molar-refractivity contribution >= 4 is 45.6 Å². The van der Waals surface area contributed by atoms with E-state index in [-0.39, 0.29) is 11.6 Å². The molecule has 7 heteroatoms. The van der Waals surface area contributed by atoms with Crippen molar-refractivity contribution in [3.63, 3.8) is 0 Å². The molecule has 17 heavy (non-hydrogen) atoms. The molecule has 0 aliphatic carbocycles. The van der Waals surface area contributed by atoms with E-state index in [1.165, 1.54) is 12.1 Å². The highest BCUT2D eigenvalue weighted by molar-refractivity contribution is 14.1. The predicted octanol–water partition coefficient (Wildman–Crippen LogP) is 2.52. The van der Waals surface area contributed by atoms with Crippen LogP contribution in [0, 0.1) is 20.6 Å². The number of hydrogen-bond donors (Lipinski definition) is 2. The molecule has 0 aromatic heterocycles. The van der Waals surface area contributed by atoms with E-state index in [0.717, 1.165) is 14.8 Å². The minimum atomic E-state index is -0.637. The number of nitrogens with one attached hydrogen (secondary N) is 1. The summed E-state index contributed by atoms with van der Waals surface area (Å²) in [6.45, 7) is 2.10. The van der Waals surface area contributed by atoms with Crippen molar-refractivity contribution in [2.24, 2.45) is 0 Å². The lowest BCUT2D eigenvalue weighted by Gasteiger charge is -2.13. The fraction of sp³-hybridized carbons (Fsp3) is 0.400. The third-order valence-electron chi connectivity index (χ3n) is 2.18. The van der Waals surface area contributed by atoms with Crippen LogP contribution in [0.4, 0.5) is 11.4 Å². The van der Waals surface area contributed by atoms with Crippen LogP contribution in [0.5, 0.6) is 0 Å². The molecule has 1 rings (SSSR count). The van der Waals surface area contributed by atoms with E-state index >= 15 is 0 Å². The number of aliphatic hydroxyl groups excluding tert-OH is 1. The number of halogens is 2. The van der Waals surface area contributed by atoms with Gasteiger partial charge in [-0.2, -0.15) is 0 Å². The third kappa shape index (κ3) is 3.97. The molecule has 1 unspecified atom stereocenters. The fourth-order valence-electron chi connectivity index (χ4n) is 1.33. The first-order valence-corrected chi connectivity index (χ1v) is 6.49. The van der Waals surface area contributed by atoms with Crippen LogP contribution in [0.15, 0.2) is 12.1 Å². The summed E-state index contributed by atoms with van der Waals surface area (Å²) in [5.41, 5.74) is 1.63. The fourth-order valence-corrected chi connectivity index (χ4v) is 2.37. The van der Waals surface area contributed by atoms with Crippen molar-refractivity contribution in [2.75, 3.05) is 17.7 Å². The summed E-state index contributed by atoms with van der Waals surface area (Å²) in [4.78, 5) is 10.2. The minimum Gasteiger partial charge on any atom is -0.390 e. The standard InChI is InChI=1S/C10H12ClIN2O3/c1-6-2-7(14(16)17)3-9(12)10(6)13-5-8(15)4-11/h2-3,8,13,15H,4-5H2,1H3. The second-order valence-corrected chi connectivity index (χ2v) is 5.04. The van der Waals surface area contributed by atoms with Gasteiger partial charge >= 0.3 is 0 Å². The number of hydrogen-bond acceptors (Lipinski definition) is 4. The smallest absolute Gasteiger partial charge is 0.270 e. The van der Waals surface area contributed by atoms with Gasteiger partial charge in [-0.3, -0.25) is 10.1 Å². The lowest BCUT2D eigenvalue weighted by Crippen LogP contribution is -2.21. The number of alkyl halides is 1. The normalized spacial score (nSPS) is 12.2. The second-order valence-electron chi connectivity index (χ2n) is 3.57. The zero-order valence-corrected chi connectivity index (χ0v) is 12.0. The zero-order valence-electron chi connectivity index (χ0n) is 9.11. The number of aryl methyl sites for hydroxylation is 1. The lowest BCUT2D eigenvalue weighted by atomic mass is 10.1. The Bertz CT molecular complexity index is 405. The SMILES string of the molecule is Cc1cc([N+](=O)[O-])cc(I)c1NCC(O)CCl. The average Bonchev–Trinajstić information content (AvgIpc) is 2.27. The van der Waals surface area contributed by atoms with Crippen molar-refractivity contribution in [1.29, 1.82) is 0 Å². The molecule has 0 aliphatic heterocycles. The van der Waals surface area contributed by atoms with Gasteiger partial charge in [0.05, 0.1) is 22.6 Å². The highest BCUT2D eigenvalue weighted by atomic mass is 127. The topological polar surface area (TPSA) is 75.4 Å². The number of nitro groups is 1. The van der Waals surface area contributed by atoms with Crippen LogP contribution in [-0.4, -0.2) is 28.6 Å². The van der Waals surface area contributed by atoms with Crippen LogP contribution in [0.1, 0.15) is 5.56 Å². The van der Waals surface area contributed by atoms with Crippen LogP contribution in [0.3, 0.4) is 0 Å². The Morgan fingerprint density at radius 3 is 2.76 bits per heavy atom. The maximum absolute atomic E-state index is 10.7. The minimum absolute atomic E-state index is 0.0651. The predicted molar refractivity (Wildman–Crippen MR) is 75.8 cm³/mol. The molecule has 0 amide bonds. The van der Waals surface area contributed by atoms with E-state index in [9.17, 15) is 15.2 Å². The number of anilines is 1. The van der Waals surface area contributed by atoms with Gasteiger partial charge < -0.3 is 10.4 Å². The molecule has 0 fully saturated rings. The van der Waals surface area contributed by atoms with Gasteiger partial charge in [0, 0.05) is 22.2 Å². The van der Waals surface area contributed by atoms with E-state index in [2.05, 4.69) is 5.32 Å². The van der Waals surface area contributed by atoms with E-state index in [1.807, 2.05) is 22.6 Å². The maximum atomic E-state index is 10.7. The molecule has 0 heterocycles. The van der Waals surface area contributed by atoms with Gasteiger partial charge in [-0.15, -0.1) is 11.6 Å². The van der Waals surface area contributed by atoms with Gasteiger partial charge in [0.1, 0.15) is 0 Å². The Morgan fingerprint density at radius 1 is 1.65 bits per heavy atom. The Hall–Kier alpha value is -0.600. The average molecular weight is 371 g/mol. The van der Waals surface area contributed by atoms with E-state index < -0.39 is 11.0 Å². The van der Waals surface area contributed by atoms with Crippen molar-refractivity contribution in [2.45, 2.75) is 13.0 Å². The van der Waals surface area contributed by atoms with Crippen molar-refractivity contribution in [1.82, 2.24) is 0 Å². The largest absolute Gasteiger partial charge is 0.390 e. The van der Waals surface area contributed by atoms with Crippen LogP contribution < -0.4 is 5.32 Å². The number of rotatable bonds is 5. The van der Waals surface area contributed by atoms with Gasteiger partial charge in [0.2, 0.25) is 0 Å². The van der Waals surface area contributed by atoms with Gasteiger partial charge in [0.25, 0.3) is 5.69 Å². The van der Waals surface area contributed by atoms with Gasteiger partial charge in [-0.1, -0.05) is 0 Å². The summed E-state index contributed by atoms with van der Waals surface area (Å²) in [6, 6.07) is 2.99. The number of nitro benzene ring substituents is 1. The summed E-state index contributed by atoms with van der Waals surface area (Å²) < 4.78 is 0.746. The molecule has 0 radical (unpaired) electrons. The highest BCUT2D eigenvalue weighted by Crippen LogP contribution is 2.27. The highest BCUT2D eigenvalue weighted by Gasteiger charge is 2.13. The van der Waals surface area contributed by atoms with Crippen LogP contribution in [0.25, 0.3) is 0 Å². The third-order valence-corrected chi connectivity index (χ3v) is 3.38. The number of nitrogens with zero attached hydrogens (tertiary/aromatic N) is 1. The molecule has 1 atom stereocenters. The number of benzene rings is 1.